The second-order valence-electron chi connectivity index (χ2n) is 7.00. The molecule has 156 valence electrons. The van der Waals surface area contributed by atoms with Gasteiger partial charge in [0.15, 0.2) is 5.82 Å². The monoisotopic (exact) mass is 416 g/mol. The smallest absolute Gasteiger partial charge is 0.301 e. The fourth-order valence-corrected chi connectivity index (χ4v) is 3.50. The number of hydrogen-bond acceptors (Lipinski definition) is 6. The molecular weight excluding hydrogens is 396 g/mol. The number of ether oxygens (including phenoxy) is 1. The summed E-state index contributed by atoms with van der Waals surface area (Å²) in [7, 11) is 0. The molecule has 1 atom stereocenters. The molecule has 0 radical (unpaired) electrons. The van der Waals surface area contributed by atoms with Crippen LogP contribution < -0.4 is 9.64 Å². The van der Waals surface area contributed by atoms with Crippen LogP contribution in [-0.4, -0.2) is 28.6 Å². The van der Waals surface area contributed by atoms with Gasteiger partial charge in [0.25, 0.3) is 5.78 Å². The van der Waals surface area contributed by atoms with Crippen LogP contribution in [0, 0.1) is 6.92 Å². The predicted octanol–water partition coefficient (Wildman–Crippen LogP) is 4.17. The first-order chi connectivity index (χ1) is 15.0. The number of aryl methyl sites for hydroxylation is 1. The third kappa shape index (κ3) is 3.73. The van der Waals surface area contributed by atoms with Crippen molar-refractivity contribution in [1.29, 1.82) is 0 Å². The van der Waals surface area contributed by atoms with Crippen LogP contribution in [0.15, 0.2) is 83.4 Å². The lowest BCUT2D eigenvalue weighted by molar-refractivity contribution is -0.132. The maximum atomic E-state index is 13.0. The summed E-state index contributed by atoms with van der Waals surface area (Å²) in [5.41, 5.74) is 1.03. The SMILES string of the molecule is C=CCOc1ccc(C2/C(=C(\O)c3ccccc3)C(=O)C(=O)N2c2cc(C)on2)cc1. The van der Waals surface area contributed by atoms with Gasteiger partial charge in [-0.25, -0.2) is 0 Å². The molecule has 3 aromatic rings. The number of Topliss-reactive ketones (excluding diaryl/α,β-unsaturated/α-hetero) is 1. The lowest BCUT2D eigenvalue weighted by atomic mass is 9.95. The van der Waals surface area contributed by atoms with Gasteiger partial charge in [0.05, 0.1) is 11.6 Å². The Morgan fingerprint density at radius 3 is 2.52 bits per heavy atom. The number of amides is 1. The highest BCUT2D eigenvalue weighted by Gasteiger charge is 2.48. The molecular formula is C24H20N2O5. The van der Waals surface area contributed by atoms with Crippen LogP contribution in [0.25, 0.3) is 5.76 Å². The Morgan fingerprint density at radius 2 is 1.90 bits per heavy atom. The second-order valence-corrected chi connectivity index (χ2v) is 7.00. The number of ketones is 1. The number of carbonyl (C=O) groups is 2. The number of carbonyl (C=O) groups excluding carboxylic acids is 2. The van der Waals surface area contributed by atoms with Crippen LogP contribution in [0.5, 0.6) is 5.75 Å². The maximum Gasteiger partial charge on any atom is 0.301 e. The van der Waals surface area contributed by atoms with E-state index in [0.29, 0.717) is 29.2 Å². The van der Waals surface area contributed by atoms with E-state index in [1.807, 2.05) is 0 Å². The van der Waals surface area contributed by atoms with Crippen LogP contribution in [0.1, 0.15) is 22.9 Å². The van der Waals surface area contributed by atoms with Gasteiger partial charge in [-0.2, -0.15) is 0 Å². The number of anilines is 1. The van der Waals surface area contributed by atoms with Crippen molar-refractivity contribution in [2.24, 2.45) is 0 Å². The van der Waals surface area contributed by atoms with E-state index in [2.05, 4.69) is 11.7 Å². The van der Waals surface area contributed by atoms with E-state index < -0.39 is 17.7 Å². The summed E-state index contributed by atoms with van der Waals surface area (Å²) in [6, 6.07) is 16.3. The van der Waals surface area contributed by atoms with Crippen LogP contribution in [-0.2, 0) is 9.59 Å². The third-order valence-electron chi connectivity index (χ3n) is 4.92. The molecule has 1 saturated heterocycles. The number of aliphatic hydroxyl groups is 1. The van der Waals surface area contributed by atoms with E-state index in [4.69, 9.17) is 9.26 Å². The first-order valence-corrected chi connectivity index (χ1v) is 9.64. The Kier molecular flexibility index (Phi) is 5.41. The number of aromatic nitrogens is 1. The summed E-state index contributed by atoms with van der Waals surface area (Å²) in [4.78, 5) is 27.2. The number of aliphatic hydroxyl groups excluding tert-OH is 1. The predicted molar refractivity (Wildman–Crippen MR) is 115 cm³/mol. The summed E-state index contributed by atoms with van der Waals surface area (Å²) in [6.45, 7) is 5.66. The average molecular weight is 416 g/mol. The highest BCUT2D eigenvalue weighted by Crippen LogP contribution is 2.42. The van der Waals surface area contributed by atoms with Gasteiger partial charge in [-0.3, -0.25) is 14.5 Å². The minimum atomic E-state index is -0.877. The molecule has 1 aliphatic rings. The van der Waals surface area contributed by atoms with Crippen molar-refractivity contribution in [1.82, 2.24) is 5.16 Å². The van der Waals surface area contributed by atoms with Gasteiger partial charge in [-0.15, -0.1) is 0 Å². The summed E-state index contributed by atoms with van der Waals surface area (Å²) in [5, 5.41) is 14.9. The fourth-order valence-electron chi connectivity index (χ4n) is 3.50. The Hall–Kier alpha value is -4.13. The molecule has 1 aromatic heterocycles. The molecule has 7 nitrogen and oxygen atoms in total. The minimum absolute atomic E-state index is 0.0170. The number of nitrogens with zero attached hydrogens (tertiary/aromatic N) is 2. The summed E-state index contributed by atoms with van der Waals surface area (Å²) in [5.74, 6) is -0.531. The molecule has 31 heavy (non-hydrogen) atoms. The number of benzene rings is 2. The normalized spacial score (nSPS) is 17.7. The average Bonchev–Trinajstić information content (AvgIpc) is 3.33. The van der Waals surface area contributed by atoms with Crippen LogP contribution in [0.2, 0.25) is 0 Å². The van der Waals surface area contributed by atoms with E-state index in [0.717, 1.165) is 0 Å². The molecule has 0 saturated carbocycles. The van der Waals surface area contributed by atoms with Gasteiger partial charge >= 0.3 is 5.91 Å². The third-order valence-corrected chi connectivity index (χ3v) is 4.92. The molecule has 2 aromatic carbocycles. The molecule has 1 fully saturated rings. The van der Waals surface area contributed by atoms with Crippen molar-refractivity contribution in [3.8, 4) is 5.75 Å². The molecule has 1 amide bonds. The molecule has 1 unspecified atom stereocenters. The van der Waals surface area contributed by atoms with Crippen molar-refractivity contribution >= 4 is 23.3 Å². The molecule has 0 spiro atoms. The number of rotatable bonds is 6. The first-order valence-electron chi connectivity index (χ1n) is 9.64. The highest BCUT2D eigenvalue weighted by atomic mass is 16.5. The lowest BCUT2D eigenvalue weighted by Crippen LogP contribution is -2.29. The second kappa shape index (κ2) is 8.31. The van der Waals surface area contributed by atoms with Crippen molar-refractivity contribution in [2.45, 2.75) is 13.0 Å². The zero-order chi connectivity index (χ0) is 22.0. The van der Waals surface area contributed by atoms with Gasteiger partial charge in [0, 0.05) is 11.6 Å². The fraction of sp³-hybridized carbons (Fsp3) is 0.125. The van der Waals surface area contributed by atoms with E-state index in [9.17, 15) is 14.7 Å². The zero-order valence-electron chi connectivity index (χ0n) is 16.8. The van der Waals surface area contributed by atoms with Gasteiger partial charge in [0.1, 0.15) is 23.9 Å². The van der Waals surface area contributed by atoms with Crippen molar-refractivity contribution in [3.05, 3.63) is 95.8 Å². The van der Waals surface area contributed by atoms with E-state index >= 15 is 0 Å². The maximum absolute atomic E-state index is 13.0. The Morgan fingerprint density at radius 1 is 1.19 bits per heavy atom. The summed E-state index contributed by atoms with van der Waals surface area (Å²) in [6.07, 6.45) is 1.63. The van der Waals surface area contributed by atoms with Gasteiger partial charge < -0.3 is 14.4 Å². The van der Waals surface area contributed by atoms with E-state index in [-0.39, 0.29) is 17.2 Å². The van der Waals surface area contributed by atoms with Gasteiger partial charge in [-0.1, -0.05) is 60.3 Å². The molecule has 1 N–H and O–H groups in total. The molecule has 2 heterocycles. The topological polar surface area (TPSA) is 92.9 Å². The quantitative estimate of drug-likeness (QED) is 0.281. The van der Waals surface area contributed by atoms with E-state index in [1.165, 1.54) is 4.90 Å². The van der Waals surface area contributed by atoms with Gasteiger partial charge in [0.2, 0.25) is 0 Å². The standard InChI is InChI=1S/C24H20N2O5/c1-3-13-30-18-11-9-16(10-12-18)21-20(22(27)17-7-5-4-6-8-17)23(28)24(29)26(21)19-14-15(2)31-25-19/h3-12,14,21,27H,1,13H2,2H3/b22-20+. The Bertz CT molecular complexity index is 1160. The largest absolute Gasteiger partial charge is 0.507 e. The molecule has 7 heteroatoms. The zero-order valence-corrected chi connectivity index (χ0v) is 16.8. The van der Waals surface area contributed by atoms with Crippen molar-refractivity contribution in [2.75, 3.05) is 11.5 Å². The Labute approximate surface area is 178 Å². The number of hydrogen-bond donors (Lipinski definition) is 1. The van der Waals surface area contributed by atoms with Crippen LogP contribution in [0.4, 0.5) is 5.82 Å². The Balaban J connectivity index is 1.86. The van der Waals surface area contributed by atoms with Crippen LogP contribution >= 0.6 is 0 Å². The first kappa shape index (κ1) is 20.2. The molecule has 0 bridgehead atoms. The van der Waals surface area contributed by atoms with E-state index in [1.54, 1.807) is 73.7 Å². The van der Waals surface area contributed by atoms with Crippen molar-refractivity contribution < 1.29 is 24.0 Å². The minimum Gasteiger partial charge on any atom is -0.507 e. The summed E-state index contributed by atoms with van der Waals surface area (Å²) >= 11 is 0. The lowest BCUT2D eigenvalue weighted by Gasteiger charge is -2.23. The molecule has 0 aliphatic carbocycles. The summed E-state index contributed by atoms with van der Waals surface area (Å²) < 4.78 is 10.6. The highest BCUT2D eigenvalue weighted by molar-refractivity contribution is 6.51. The molecule has 1 aliphatic heterocycles. The molecule has 4 rings (SSSR count). The van der Waals surface area contributed by atoms with Crippen LogP contribution in [0.3, 0.4) is 0 Å². The van der Waals surface area contributed by atoms with Gasteiger partial charge in [-0.05, 0) is 24.6 Å². The van der Waals surface area contributed by atoms with Crippen molar-refractivity contribution in [3.63, 3.8) is 0 Å².